The van der Waals surface area contributed by atoms with Crippen LogP contribution in [0.2, 0.25) is 0 Å². The maximum Gasteiger partial charge on any atom is 0.304 e. The number of thioether (sulfide) groups is 1. The number of hydrogen-bond donors (Lipinski definition) is 3. The second-order valence-electron chi connectivity index (χ2n) is 8.32. The molecule has 0 aromatic heterocycles. The molecule has 2 amide bonds. The number of carboxylic acids is 1. The topological polar surface area (TPSA) is 114 Å². The number of anilines is 1. The van der Waals surface area contributed by atoms with E-state index in [0.717, 1.165) is 5.56 Å². The first-order valence-corrected chi connectivity index (χ1v) is 12.8. The van der Waals surface area contributed by atoms with Gasteiger partial charge in [-0.3, -0.25) is 14.4 Å². The van der Waals surface area contributed by atoms with Crippen molar-refractivity contribution in [2.24, 2.45) is 0 Å². The molecule has 9 heteroatoms. The molecular formula is C28H30N2O6S. The number of hydrogen-bond acceptors (Lipinski definition) is 6. The summed E-state index contributed by atoms with van der Waals surface area (Å²) < 4.78 is 11.6. The first-order chi connectivity index (χ1) is 17.8. The minimum atomic E-state index is -0.886. The average molecular weight is 523 g/mol. The van der Waals surface area contributed by atoms with Crippen LogP contribution in [-0.4, -0.2) is 41.3 Å². The summed E-state index contributed by atoms with van der Waals surface area (Å²) in [7, 11) is 0. The molecule has 0 unspecified atom stereocenters. The summed E-state index contributed by atoms with van der Waals surface area (Å²) in [6.45, 7) is 3.99. The van der Waals surface area contributed by atoms with E-state index in [9.17, 15) is 14.4 Å². The smallest absolute Gasteiger partial charge is 0.304 e. The SMILES string of the molecule is CC(=O)N[C@@H](C)COc1ccc(C(=O)Nc2ccc(OCc3ccccc3)cc2SCCC(=O)O)cc1. The summed E-state index contributed by atoms with van der Waals surface area (Å²) in [5.74, 6) is 0.232. The van der Waals surface area contributed by atoms with Crippen molar-refractivity contribution in [1.82, 2.24) is 5.32 Å². The highest BCUT2D eigenvalue weighted by Gasteiger charge is 2.13. The van der Waals surface area contributed by atoms with Crippen LogP contribution in [0.4, 0.5) is 5.69 Å². The van der Waals surface area contributed by atoms with Crippen LogP contribution in [-0.2, 0) is 16.2 Å². The molecule has 1 atom stereocenters. The van der Waals surface area contributed by atoms with Crippen molar-refractivity contribution in [2.45, 2.75) is 37.8 Å². The van der Waals surface area contributed by atoms with E-state index in [-0.39, 0.29) is 24.3 Å². The summed E-state index contributed by atoms with van der Waals surface area (Å²) in [5, 5.41) is 14.7. The molecule has 0 aliphatic carbocycles. The molecule has 3 aromatic carbocycles. The Kier molecular flexibility index (Phi) is 10.4. The van der Waals surface area contributed by atoms with E-state index >= 15 is 0 Å². The lowest BCUT2D eigenvalue weighted by Crippen LogP contribution is -2.35. The molecule has 3 rings (SSSR count). The average Bonchev–Trinajstić information content (AvgIpc) is 2.87. The number of nitrogens with one attached hydrogen (secondary N) is 2. The minimum absolute atomic E-state index is 0.00479. The second-order valence-corrected chi connectivity index (χ2v) is 9.45. The van der Waals surface area contributed by atoms with Crippen LogP contribution < -0.4 is 20.1 Å². The Morgan fingerprint density at radius 1 is 0.946 bits per heavy atom. The van der Waals surface area contributed by atoms with Crippen LogP contribution in [0.5, 0.6) is 11.5 Å². The van der Waals surface area contributed by atoms with Crippen molar-refractivity contribution in [2.75, 3.05) is 17.7 Å². The van der Waals surface area contributed by atoms with Crippen molar-refractivity contribution >= 4 is 35.2 Å². The van der Waals surface area contributed by atoms with Gasteiger partial charge < -0.3 is 25.2 Å². The van der Waals surface area contributed by atoms with Gasteiger partial charge in [0, 0.05) is 23.1 Å². The molecule has 3 aromatic rings. The predicted octanol–water partition coefficient (Wildman–Crippen LogP) is 4.99. The fourth-order valence-electron chi connectivity index (χ4n) is 3.31. The monoisotopic (exact) mass is 522 g/mol. The van der Waals surface area contributed by atoms with E-state index in [2.05, 4.69) is 10.6 Å². The molecule has 0 fully saturated rings. The Balaban J connectivity index is 1.65. The highest BCUT2D eigenvalue weighted by molar-refractivity contribution is 7.99. The van der Waals surface area contributed by atoms with E-state index in [1.165, 1.54) is 18.7 Å². The van der Waals surface area contributed by atoms with Gasteiger partial charge in [-0.05, 0) is 55.0 Å². The third-order valence-electron chi connectivity index (χ3n) is 5.09. The zero-order valence-electron chi connectivity index (χ0n) is 20.7. The summed E-state index contributed by atoms with van der Waals surface area (Å²) in [5.41, 5.74) is 2.03. The zero-order chi connectivity index (χ0) is 26.6. The van der Waals surface area contributed by atoms with Crippen molar-refractivity contribution < 1.29 is 29.0 Å². The number of rotatable bonds is 13. The van der Waals surface area contributed by atoms with Crippen molar-refractivity contribution in [3.8, 4) is 11.5 Å². The van der Waals surface area contributed by atoms with E-state index in [4.69, 9.17) is 14.6 Å². The lowest BCUT2D eigenvalue weighted by Gasteiger charge is -2.15. The van der Waals surface area contributed by atoms with E-state index < -0.39 is 5.97 Å². The van der Waals surface area contributed by atoms with Crippen molar-refractivity contribution in [1.29, 1.82) is 0 Å². The first kappa shape index (κ1) is 27.6. The Bertz CT molecular complexity index is 1200. The number of ether oxygens (including phenoxy) is 2. The van der Waals surface area contributed by atoms with E-state index in [0.29, 0.717) is 46.6 Å². The standard InChI is InChI=1S/C28H30N2O6S/c1-19(29-20(2)31)17-35-23-10-8-22(9-11-23)28(34)30-25-13-12-24(16-26(25)37-15-14-27(32)33)36-18-21-6-4-3-5-7-21/h3-13,16,19H,14-15,17-18H2,1-2H3,(H,29,31)(H,30,34)(H,32,33)/t19-/m0/s1. The molecular weight excluding hydrogens is 492 g/mol. The largest absolute Gasteiger partial charge is 0.491 e. The van der Waals surface area contributed by atoms with Gasteiger partial charge in [0.1, 0.15) is 24.7 Å². The quantitative estimate of drug-likeness (QED) is 0.271. The molecule has 194 valence electrons. The van der Waals surface area contributed by atoms with Gasteiger partial charge >= 0.3 is 5.97 Å². The molecule has 0 saturated heterocycles. The Hall–Kier alpha value is -3.98. The predicted molar refractivity (Wildman–Crippen MR) is 143 cm³/mol. The molecule has 37 heavy (non-hydrogen) atoms. The molecule has 8 nitrogen and oxygen atoms in total. The summed E-state index contributed by atoms with van der Waals surface area (Å²) in [6, 6.07) is 21.6. The lowest BCUT2D eigenvalue weighted by atomic mass is 10.2. The fraction of sp³-hybridized carbons (Fsp3) is 0.250. The number of carboxylic acid groups (broad SMARTS) is 1. The Morgan fingerprint density at radius 3 is 2.32 bits per heavy atom. The third kappa shape index (κ3) is 9.53. The van der Waals surface area contributed by atoms with Gasteiger partial charge in [0.05, 0.1) is 18.2 Å². The number of carbonyl (C=O) groups is 3. The maximum absolute atomic E-state index is 12.9. The Morgan fingerprint density at radius 2 is 1.65 bits per heavy atom. The second kappa shape index (κ2) is 13.9. The van der Waals surface area contributed by atoms with Crippen LogP contribution in [0, 0.1) is 0 Å². The number of carbonyl (C=O) groups excluding carboxylic acids is 2. The van der Waals surface area contributed by atoms with Gasteiger partial charge in [-0.25, -0.2) is 0 Å². The van der Waals surface area contributed by atoms with Crippen molar-refractivity contribution in [3.63, 3.8) is 0 Å². The van der Waals surface area contributed by atoms with Gasteiger partial charge in [-0.15, -0.1) is 11.8 Å². The summed E-state index contributed by atoms with van der Waals surface area (Å²) >= 11 is 1.34. The molecule has 0 aliphatic rings. The minimum Gasteiger partial charge on any atom is -0.491 e. The number of benzene rings is 3. The van der Waals surface area contributed by atoms with Gasteiger partial charge in [-0.2, -0.15) is 0 Å². The molecule has 0 aliphatic heterocycles. The van der Waals surface area contributed by atoms with Crippen LogP contribution in [0.25, 0.3) is 0 Å². The van der Waals surface area contributed by atoms with Gasteiger partial charge in [0.25, 0.3) is 5.91 Å². The molecule has 0 heterocycles. The van der Waals surface area contributed by atoms with E-state index in [1.54, 1.807) is 42.5 Å². The van der Waals surface area contributed by atoms with Gasteiger partial charge in [0.2, 0.25) is 5.91 Å². The van der Waals surface area contributed by atoms with Crippen LogP contribution in [0.3, 0.4) is 0 Å². The number of amides is 2. The fourth-order valence-corrected chi connectivity index (χ4v) is 4.28. The normalized spacial score (nSPS) is 11.3. The van der Waals surface area contributed by atoms with Crippen LogP contribution in [0.1, 0.15) is 36.2 Å². The van der Waals surface area contributed by atoms with Gasteiger partial charge in [-0.1, -0.05) is 30.3 Å². The highest BCUT2D eigenvalue weighted by atomic mass is 32.2. The summed E-state index contributed by atoms with van der Waals surface area (Å²) in [6.07, 6.45) is -0.00479. The molecule has 0 radical (unpaired) electrons. The Labute approximate surface area is 220 Å². The maximum atomic E-state index is 12.9. The lowest BCUT2D eigenvalue weighted by molar-refractivity contribution is -0.136. The molecule has 0 saturated carbocycles. The molecule has 0 bridgehead atoms. The zero-order valence-corrected chi connectivity index (χ0v) is 21.5. The van der Waals surface area contributed by atoms with Crippen LogP contribution in [0.15, 0.2) is 77.7 Å². The first-order valence-electron chi connectivity index (χ1n) is 11.8. The van der Waals surface area contributed by atoms with Crippen LogP contribution >= 0.6 is 11.8 Å². The number of aliphatic carboxylic acids is 1. The van der Waals surface area contributed by atoms with Crippen molar-refractivity contribution in [3.05, 3.63) is 83.9 Å². The highest BCUT2D eigenvalue weighted by Crippen LogP contribution is 2.32. The van der Waals surface area contributed by atoms with Gasteiger partial charge in [0.15, 0.2) is 0 Å². The summed E-state index contributed by atoms with van der Waals surface area (Å²) in [4.78, 5) is 35.7. The third-order valence-corrected chi connectivity index (χ3v) is 6.15. The van der Waals surface area contributed by atoms with E-state index in [1.807, 2.05) is 37.3 Å². The molecule has 0 spiro atoms. The molecule has 3 N–H and O–H groups in total.